The summed E-state index contributed by atoms with van der Waals surface area (Å²) in [6.07, 6.45) is -5.09. The molecule has 4 saturated heterocycles. The summed E-state index contributed by atoms with van der Waals surface area (Å²) in [6, 6.07) is 1.11. The maximum absolute atomic E-state index is 16.6. The van der Waals surface area contributed by atoms with Crippen molar-refractivity contribution in [2.75, 3.05) is 37.7 Å². The number of halogens is 7. The molecule has 50 heavy (non-hydrogen) atoms. The van der Waals surface area contributed by atoms with Crippen LogP contribution in [0.2, 0.25) is 0 Å². The van der Waals surface area contributed by atoms with Crippen molar-refractivity contribution in [3.05, 3.63) is 41.3 Å². The normalized spacial score (nSPS) is 22.4. The largest absolute Gasteiger partial charge is 0.461 e. The summed E-state index contributed by atoms with van der Waals surface area (Å²) >= 11 is 0. The molecule has 4 fully saturated rings. The predicted octanol–water partition coefficient (Wildman–Crippen LogP) is 7.46. The van der Waals surface area contributed by atoms with E-state index in [0.29, 0.717) is 18.9 Å². The monoisotopic (exact) mass is 710 g/mol. The fraction of sp³-hybridized carbons (Fsp3) is 0.588. The Balaban J connectivity index is 1.32. The Morgan fingerprint density at radius 2 is 1.62 bits per heavy atom. The molecule has 0 radical (unpaired) electrons. The summed E-state index contributed by atoms with van der Waals surface area (Å²) in [6.45, 7) is 7.95. The number of ether oxygens (including phenoxy) is 2. The van der Waals surface area contributed by atoms with Crippen LogP contribution in [0.3, 0.4) is 0 Å². The Labute approximate surface area is 283 Å². The number of carbonyl (C=O) groups excluding carboxylic acids is 1. The number of carbonyl (C=O) groups is 1. The standard InChI is InChI=1S/C34H37F7N6O3/c1-31(2,3)50-30(48)47-19-9-10-20(47)17-45(16-19)28-22-15-42-26(21-7-4-8-23(33(36,37)38)24(21)34(39,40)41)25(35)27(22)43-29(44-28)49-18-32-11-5-13-46(32)14-6-12-32/h4,7-8,15,19-20H,5-6,9-14,16-18H2,1-3H3/t19-,20+. The molecule has 3 aromatic rings. The summed E-state index contributed by atoms with van der Waals surface area (Å²) in [5, 5.41) is 0.0470. The number of amides is 1. The number of piperazine rings is 1. The van der Waals surface area contributed by atoms with Crippen molar-refractivity contribution in [1.82, 2.24) is 24.8 Å². The smallest absolute Gasteiger partial charge is 0.417 e. The Hall–Kier alpha value is -3.95. The first kappa shape index (κ1) is 34.5. The number of benzene rings is 1. The number of hydrogen-bond donors (Lipinski definition) is 0. The van der Waals surface area contributed by atoms with E-state index < -0.39 is 57.8 Å². The molecule has 1 amide bonds. The topological polar surface area (TPSA) is 83.9 Å². The molecule has 2 aromatic heterocycles. The Morgan fingerprint density at radius 1 is 0.960 bits per heavy atom. The first-order valence-corrected chi connectivity index (χ1v) is 16.7. The van der Waals surface area contributed by atoms with Crippen molar-refractivity contribution in [3.63, 3.8) is 0 Å². The molecule has 4 aliphatic heterocycles. The van der Waals surface area contributed by atoms with Gasteiger partial charge in [0.15, 0.2) is 5.82 Å². The van der Waals surface area contributed by atoms with Gasteiger partial charge in [0.1, 0.15) is 29.2 Å². The van der Waals surface area contributed by atoms with Gasteiger partial charge in [-0.05, 0) is 78.5 Å². The fourth-order valence-corrected chi connectivity index (χ4v) is 8.15. The summed E-state index contributed by atoms with van der Waals surface area (Å²) in [5.41, 5.74) is -7.37. The van der Waals surface area contributed by atoms with Gasteiger partial charge in [-0.25, -0.2) is 9.18 Å². The van der Waals surface area contributed by atoms with Crippen LogP contribution in [0.4, 0.5) is 41.3 Å². The van der Waals surface area contributed by atoms with Crippen LogP contribution < -0.4 is 9.64 Å². The van der Waals surface area contributed by atoms with Crippen LogP contribution in [0.25, 0.3) is 22.2 Å². The van der Waals surface area contributed by atoms with Gasteiger partial charge in [-0.2, -0.15) is 36.3 Å². The molecule has 1 aromatic carbocycles. The molecule has 0 spiro atoms. The van der Waals surface area contributed by atoms with Gasteiger partial charge < -0.3 is 14.4 Å². The lowest BCUT2D eigenvalue weighted by Crippen LogP contribution is -2.57. The summed E-state index contributed by atoms with van der Waals surface area (Å²) in [7, 11) is 0. The number of aromatic nitrogens is 3. The zero-order valence-electron chi connectivity index (χ0n) is 27.8. The average molecular weight is 711 g/mol. The average Bonchev–Trinajstić information content (AvgIpc) is 3.68. The second-order valence-electron chi connectivity index (χ2n) is 14.6. The van der Waals surface area contributed by atoms with E-state index in [-0.39, 0.29) is 54.5 Å². The van der Waals surface area contributed by atoms with Gasteiger partial charge in [0.2, 0.25) is 0 Å². The van der Waals surface area contributed by atoms with E-state index in [1.165, 1.54) is 0 Å². The summed E-state index contributed by atoms with van der Waals surface area (Å²) in [4.78, 5) is 32.0. The number of alkyl halides is 6. The van der Waals surface area contributed by atoms with Crippen LogP contribution in [-0.4, -0.2) is 86.9 Å². The maximum Gasteiger partial charge on any atom is 0.417 e. The molecule has 9 nitrogen and oxygen atoms in total. The molecular formula is C34H37F7N6O3. The lowest BCUT2D eigenvalue weighted by molar-refractivity contribution is -0.161. The molecule has 270 valence electrons. The summed E-state index contributed by atoms with van der Waals surface area (Å²) < 4.78 is 112. The number of anilines is 1. The molecule has 0 N–H and O–H groups in total. The third kappa shape index (κ3) is 6.17. The Morgan fingerprint density at radius 3 is 2.22 bits per heavy atom. The third-order valence-electron chi connectivity index (χ3n) is 10.2. The van der Waals surface area contributed by atoms with Crippen LogP contribution in [-0.2, 0) is 17.1 Å². The molecule has 16 heteroatoms. The van der Waals surface area contributed by atoms with Gasteiger partial charge in [0.05, 0.1) is 34.1 Å². The van der Waals surface area contributed by atoms with Gasteiger partial charge in [-0.1, -0.05) is 12.1 Å². The van der Waals surface area contributed by atoms with Gasteiger partial charge in [-0.15, -0.1) is 0 Å². The summed E-state index contributed by atoms with van der Waals surface area (Å²) in [5.74, 6) is -1.13. The molecule has 6 heterocycles. The fourth-order valence-electron chi connectivity index (χ4n) is 8.15. The second kappa shape index (κ2) is 12.1. The van der Waals surface area contributed by atoms with Crippen molar-refractivity contribution in [2.24, 2.45) is 0 Å². The van der Waals surface area contributed by atoms with Gasteiger partial charge >= 0.3 is 24.5 Å². The first-order chi connectivity index (χ1) is 23.5. The highest BCUT2D eigenvalue weighted by molar-refractivity contribution is 5.92. The Bertz CT molecular complexity index is 1790. The zero-order valence-corrected chi connectivity index (χ0v) is 27.8. The molecule has 0 saturated carbocycles. The van der Waals surface area contributed by atoms with E-state index in [2.05, 4.69) is 19.9 Å². The maximum atomic E-state index is 16.6. The molecule has 0 unspecified atom stereocenters. The predicted molar refractivity (Wildman–Crippen MR) is 168 cm³/mol. The van der Waals surface area contributed by atoms with Crippen LogP contribution in [0, 0.1) is 5.82 Å². The molecule has 4 aliphatic rings. The SMILES string of the molecule is CC(C)(C)OC(=O)N1[C@@H]2CC[C@H]1CN(c1nc(OCC34CCCN3CCC4)nc3c(F)c(-c4cccc(C(F)(F)F)c4C(F)(F)F)ncc13)C2. The molecular weight excluding hydrogens is 673 g/mol. The van der Waals surface area contributed by atoms with Crippen molar-refractivity contribution >= 4 is 22.8 Å². The molecule has 2 atom stereocenters. The van der Waals surface area contributed by atoms with Crippen LogP contribution >= 0.6 is 0 Å². The highest BCUT2D eigenvalue weighted by Crippen LogP contribution is 2.46. The van der Waals surface area contributed by atoms with E-state index in [1.54, 1.807) is 25.7 Å². The lowest BCUT2D eigenvalue weighted by Gasteiger charge is -2.42. The second-order valence-corrected chi connectivity index (χ2v) is 14.6. The van der Waals surface area contributed by atoms with Gasteiger partial charge in [-0.3, -0.25) is 14.8 Å². The number of hydrogen-bond acceptors (Lipinski definition) is 8. The van der Waals surface area contributed by atoms with Crippen molar-refractivity contribution in [2.45, 2.75) is 94.9 Å². The van der Waals surface area contributed by atoms with Crippen molar-refractivity contribution < 1.29 is 45.0 Å². The van der Waals surface area contributed by atoms with E-state index in [1.807, 2.05) is 4.90 Å². The first-order valence-electron chi connectivity index (χ1n) is 16.7. The highest BCUT2D eigenvalue weighted by Gasteiger charge is 2.48. The van der Waals surface area contributed by atoms with E-state index in [9.17, 15) is 31.1 Å². The minimum Gasteiger partial charge on any atom is -0.461 e. The van der Waals surface area contributed by atoms with Gasteiger partial charge in [0, 0.05) is 24.8 Å². The van der Waals surface area contributed by atoms with E-state index in [4.69, 9.17) is 9.47 Å². The highest BCUT2D eigenvalue weighted by atomic mass is 19.4. The molecule has 0 aliphatic carbocycles. The minimum absolute atomic E-state index is 0.0470. The van der Waals surface area contributed by atoms with E-state index >= 15 is 4.39 Å². The van der Waals surface area contributed by atoms with Crippen molar-refractivity contribution in [3.8, 4) is 17.3 Å². The quantitative estimate of drug-likeness (QED) is 0.253. The van der Waals surface area contributed by atoms with Gasteiger partial charge in [0.25, 0.3) is 0 Å². The third-order valence-corrected chi connectivity index (χ3v) is 10.2. The Kier molecular flexibility index (Phi) is 8.34. The van der Waals surface area contributed by atoms with E-state index in [0.717, 1.165) is 57.1 Å². The zero-order chi connectivity index (χ0) is 35.8. The van der Waals surface area contributed by atoms with Crippen LogP contribution in [0.5, 0.6) is 6.01 Å². The number of fused-ring (bicyclic) bond motifs is 4. The number of nitrogens with zero attached hydrogens (tertiary/aromatic N) is 6. The van der Waals surface area contributed by atoms with Crippen LogP contribution in [0.1, 0.15) is 70.4 Å². The minimum atomic E-state index is -5.48. The molecule has 2 bridgehead atoms. The van der Waals surface area contributed by atoms with Crippen LogP contribution in [0.15, 0.2) is 24.4 Å². The number of pyridine rings is 1. The van der Waals surface area contributed by atoms with Crippen molar-refractivity contribution in [1.29, 1.82) is 0 Å². The number of rotatable bonds is 5. The molecule has 7 rings (SSSR count). The lowest BCUT2D eigenvalue weighted by atomic mass is 9.95.